The number of thioether (sulfide) groups is 1. The molecular formula is C23H38ClFN2OS2. The smallest absolute Gasteiger partial charge is 0.151 e. The van der Waals surface area contributed by atoms with E-state index in [1.165, 1.54) is 43.5 Å². The van der Waals surface area contributed by atoms with Crippen LogP contribution in [0.1, 0.15) is 89.5 Å². The lowest BCUT2D eigenvalue weighted by molar-refractivity contribution is 0.586. The van der Waals surface area contributed by atoms with Crippen molar-refractivity contribution >= 4 is 39.3 Å². The number of hydrogen-bond donors (Lipinski definition) is 2. The maximum Gasteiger partial charge on any atom is 0.151 e. The van der Waals surface area contributed by atoms with Crippen LogP contribution in [-0.2, 0) is 17.2 Å². The van der Waals surface area contributed by atoms with E-state index in [-0.39, 0.29) is 10.2 Å². The van der Waals surface area contributed by atoms with E-state index in [4.69, 9.17) is 22.7 Å². The van der Waals surface area contributed by atoms with Gasteiger partial charge in [-0.15, -0.1) is 0 Å². The number of nitrogens with two attached hydrogens (primary N) is 1. The van der Waals surface area contributed by atoms with Crippen LogP contribution in [0.2, 0.25) is 5.02 Å². The first-order chi connectivity index (χ1) is 14.5. The minimum atomic E-state index is -1.12. The number of benzene rings is 1. The van der Waals surface area contributed by atoms with Crippen molar-refractivity contribution in [1.82, 2.24) is 0 Å². The molecule has 0 fully saturated rings. The minimum absolute atomic E-state index is 0.152. The fourth-order valence-electron chi connectivity index (χ4n) is 3.44. The average molecular weight is 477 g/mol. The highest BCUT2D eigenvalue weighted by atomic mass is 35.5. The Balaban J connectivity index is 2.28. The molecule has 0 aliphatic heterocycles. The highest BCUT2D eigenvalue weighted by Gasteiger charge is 2.16. The molecule has 0 bridgehead atoms. The normalized spacial score (nSPS) is 12.2. The van der Waals surface area contributed by atoms with Crippen LogP contribution in [0.4, 0.5) is 4.39 Å². The van der Waals surface area contributed by atoms with E-state index in [0.717, 1.165) is 67.6 Å². The second-order valence-corrected chi connectivity index (χ2v) is 10.8. The van der Waals surface area contributed by atoms with Crippen LogP contribution in [0, 0.1) is 11.2 Å². The Labute approximate surface area is 194 Å². The third kappa shape index (κ3) is 11.7. The Morgan fingerprint density at radius 1 is 1.03 bits per heavy atom. The fourth-order valence-corrected chi connectivity index (χ4v) is 5.71. The molecule has 0 amide bonds. The van der Waals surface area contributed by atoms with Crippen molar-refractivity contribution in [3.05, 3.63) is 28.5 Å². The minimum Gasteiger partial charge on any atom is -0.379 e. The highest BCUT2D eigenvalue weighted by Crippen LogP contribution is 2.28. The SMILES string of the molecule is CCCCCCc1c(S(=O)CCCCCCCCCCSC(=N)N)ccc(F)c1Cl. The first kappa shape index (κ1) is 27.4. The number of rotatable bonds is 17. The molecule has 1 atom stereocenters. The maximum absolute atomic E-state index is 13.9. The number of halogens is 2. The van der Waals surface area contributed by atoms with Crippen LogP contribution in [0.25, 0.3) is 0 Å². The summed E-state index contributed by atoms with van der Waals surface area (Å²) in [6.45, 7) is 2.16. The van der Waals surface area contributed by atoms with Crippen molar-refractivity contribution in [3.63, 3.8) is 0 Å². The van der Waals surface area contributed by atoms with Crippen LogP contribution in [0.3, 0.4) is 0 Å². The summed E-state index contributed by atoms with van der Waals surface area (Å²) in [6.07, 6.45) is 14.2. The molecule has 0 spiro atoms. The molecule has 1 rings (SSSR count). The van der Waals surface area contributed by atoms with Gasteiger partial charge < -0.3 is 5.73 Å². The Hall–Kier alpha value is -0.590. The quantitative estimate of drug-likeness (QED) is 0.139. The largest absolute Gasteiger partial charge is 0.379 e. The van der Waals surface area contributed by atoms with Gasteiger partial charge in [0.25, 0.3) is 0 Å². The molecule has 0 saturated heterocycles. The van der Waals surface area contributed by atoms with Crippen molar-refractivity contribution in [2.24, 2.45) is 5.73 Å². The van der Waals surface area contributed by atoms with E-state index in [1.807, 2.05) is 0 Å². The lowest BCUT2D eigenvalue weighted by Gasteiger charge is -2.12. The second-order valence-electron chi connectivity index (χ2n) is 7.74. The summed E-state index contributed by atoms with van der Waals surface area (Å²) in [7, 11) is -1.12. The number of amidine groups is 1. The molecule has 1 unspecified atom stereocenters. The molecule has 0 heterocycles. The maximum atomic E-state index is 13.9. The highest BCUT2D eigenvalue weighted by molar-refractivity contribution is 8.13. The van der Waals surface area contributed by atoms with Crippen molar-refractivity contribution < 1.29 is 8.60 Å². The zero-order chi connectivity index (χ0) is 22.2. The Morgan fingerprint density at radius 2 is 1.63 bits per heavy atom. The van der Waals surface area contributed by atoms with Crippen molar-refractivity contribution in [3.8, 4) is 0 Å². The second kappa shape index (κ2) is 17.0. The summed E-state index contributed by atoms with van der Waals surface area (Å²) in [5, 5.41) is 7.52. The first-order valence-electron chi connectivity index (χ1n) is 11.3. The van der Waals surface area contributed by atoms with E-state index in [2.05, 4.69) is 6.92 Å². The molecule has 1 aromatic rings. The van der Waals surface area contributed by atoms with E-state index in [1.54, 1.807) is 6.07 Å². The van der Waals surface area contributed by atoms with Crippen molar-refractivity contribution in [1.29, 1.82) is 5.41 Å². The van der Waals surface area contributed by atoms with Gasteiger partial charge in [-0.05, 0) is 43.4 Å². The van der Waals surface area contributed by atoms with E-state index >= 15 is 0 Å². The molecule has 0 aromatic heterocycles. The van der Waals surface area contributed by atoms with Crippen LogP contribution in [0.15, 0.2) is 17.0 Å². The van der Waals surface area contributed by atoms with Gasteiger partial charge >= 0.3 is 0 Å². The van der Waals surface area contributed by atoms with Gasteiger partial charge in [0.2, 0.25) is 0 Å². The molecule has 0 aliphatic rings. The predicted molar refractivity (Wildman–Crippen MR) is 132 cm³/mol. The van der Waals surface area contributed by atoms with Gasteiger partial charge in [-0.1, -0.05) is 88.1 Å². The Morgan fingerprint density at radius 3 is 2.27 bits per heavy atom. The third-order valence-electron chi connectivity index (χ3n) is 5.16. The van der Waals surface area contributed by atoms with Gasteiger partial charge in [0, 0.05) is 16.4 Å². The predicted octanol–water partition coefficient (Wildman–Crippen LogP) is 7.46. The molecule has 7 heteroatoms. The van der Waals surface area contributed by atoms with Crippen LogP contribution in [-0.4, -0.2) is 20.9 Å². The monoisotopic (exact) mass is 476 g/mol. The van der Waals surface area contributed by atoms with Crippen molar-refractivity contribution in [2.75, 3.05) is 11.5 Å². The number of unbranched alkanes of at least 4 members (excludes halogenated alkanes) is 10. The number of hydrogen-bond acceptors (Lipinski definition) is 3. The van der Waals surface area contributed by atoms with Gasteiger partial charge in [-0.2, -0.15) is 0 Å². The summed E-state index contributed by atoms with van der Waals surface area (Å²) in [5.74, 6) is 1.14. The van der Waals surface area contributed by atoms with Gasteiger partial charge in [-0.3, -0.25) is 9.62 Å². The summed E-state index contributed by atoms with van der Waals surface area (Å²) in [5.41, 5.74) is 6.06. The molecule has 0 saturated carbocycles. The summed E-state index contributed by atoms with van der Waals surface area (Å²) >= 11 is 7.63. The lowest BCUT2D eigenvalue weighted by atomic mass is 10.1. The molecule has 3 N–H and O–H groups in total. The van der Waals surface area contributed by atoms with Crippen LogP contribution >= 0.6 is 23.4 Å². The molecule has 30 heavy (non-hydrogen) atoms. The molecule has 3 nitrogen and oxygen atoms in total. The van der Waals surface area contributed by atoms with Gasteiger partial charge in [0.1, 0.15) is 5.82 Å². The number of nitrogens with one attached hydrogen (secondary N) is 1. The zero-order valence-electron chi connectivity index (χ0n) is 18.3. The first-order valence-corrected chi connectivity index (χ1v) is 14.0. The lowest BCUT2D eigenvalue weighted by Crippen LogP contribution is -2.04. The molecular weight excluding hydrogens is 439 g/mol. The molecule has 0 radical (unpaired) electrons. The van der Waals surface area contributed by atoms with Gasteiger partial charge in [0.05, 0.1) is 15.8 Å². The van der Waals surface area contributed by atoms with E-state index in [9.17, 15) is 8.60 Å². The van der Waals surface area contributed by atoms with Crippen LogP contribution in [0.5, 0.6) is 0 Å². The topological polar surface area (TPSA) is 66.9 Å². The molecule has 0 aliphatic carbocycles. The van der Waals surface area contributed by atoms with Gasteiger partial charge in [0.15, 0.2) is 5.17 Å². The third-order valence-corrected chi connectivity index (χ3v) is 7.91. The standard InChI is InChI=1S/C23H38ClFN2OS2/c1-2-3-4-11-14-19-21(16-15-20(25)22(19)24)30(28)18-13-10-8-6-5-7-9-12-17-29-23(26)27/h15-16H,2-14,17-18H2,1H3,(H3,26,27). The summed E-state index contributed by atoms with van der Waals surface area (Å²) in [4.78, 5) is 0.723. The van der Waals surface area contributed by atoms with E-state index < -0.39 is 16.6 Å². The fraction of sp³-hybridized carbons (Fsp3) is 0.696. The van der Waals surface area contributed by atoms with Crippen molar-refractivity contribution in [2.45, 2.75) is 95.3 Å². The zero-order valence-corrected chi connectivity index (χ0v) is 20.7. The average Bonchev–Trinajstić information content (AvgIpc) is 2.71. The summed E-state index contributed by atoms with van der Waals surface area (Å²) < 4.78 is 26.7. The van der Waals surface area contributed by atoms with E-state index in [0.29, 0.717) is 12.2 Å². The Kier molecular flexibility index (Phi) is 15.6. The van der Waals surface area contributed by atoms with Crippen LogP contribution < -0.4 is 5.73 Å². The summed E-state index contributed by atoms with van der Waals surface area (Å²) in [6, 6.07) is 3.01. The van der Waals surface area contributed by atoms with Gasteiger partial charge in [-0.25, -0.2) is 4.39 Å². The molecule has 1 aromatic carbocycles. The Bertz CT molecular complexity index is 658. The molecule has 172 valence electrons.